The van der Waals surface area contributed by atoms with Crippen molar-refractivity contribution in [3.63, 3.8) is 0 Å². The molecule has 0 atom stereocenters. The molecule has 0 saturated carbocycles. The first-order chi connectivity index (χ1) is 9.06. The highest BCUT2D eigenvalue weighted by Crippen LogP contribution is 2.25. The van der Waals surface area contributed by atoms with Crippen molar-refractivity contribution in [3.05, 3.63) is 49.9 Å². The third kappa shape index (κ3) is 2.20. The first-order valence-electron chi connectivity index (χ1n) is 5.37. The molecular formula is C12H7ClF2N2S2. The number of nitrogens with zero attached hydrogens (tertiary/aromatic N) is 1. The third-order valence-corrected chi connectivity index (χ3v) is 4.31. The van der Waals surface area contributed by atoms with Crippen LogP contribution in [0.15, 0.2) is 24.3 Å². The Balaban J connectivity index is 2.20. The van der Waals surface area contributed by atoms with E-state index in [0.717, 1.165) is 10.9 Å². The van der Waals surface area contributed by atoms with Gasteiger partial charge in [-0.2, -0.15) is 0 Å². The third-order valence-electron chi connectivity index (χ3n) is 2.77. The van der Waals surface area contributed by atoms with Crippen molar-refractivity contribution in [2.45, 2.75) is 6.54 Å². The van der Waals surface area contributed by atoms with Crippen LogP contribution in [0.25, 0.3) is 11.0 Å². The highest BCUT2D eigenvalue weighted by atomic mass is 35.5. The lowest BCUT2D eigenvalue weighted by Gasteiger charge is -2.03. The zero-order chi connectivity index (χ0) is 13.6. The van der Waals surface area contributed by atoms with Crippen LogP contribution in [0.3, 0.4) is 0 Å². The van der Waals surface area contributed by atoms with Crippen molar-refractivity contribution >= 4 is 46.2 Å². The summed E-state index contributed by atoms with van der Waals surface area (Å²) in [5.41, 5.74) is 0.626. The van der Waals surface area contributed by atoms with Gasteiger partial charge in [0.25, 0.3) is 0 Å². The van der Waals surface area contributed by atoms with Crippen molar-refractivity contribution < 1.29 is 8.78 Å². The van der Waals surface area contributed by atoms with Crippen LogP contribution in [0.4, 0.5) is 8.78 Å². The molecule has 2 nitrogen and oxygen atoms in total. The molecule has 98 valence electrons. The van der Waals surface area contributed by atoms with E-state index in [1.807, 2.05) is 6.07 Å². The monoisotopic (exact) mass is 316 g/mol. The Labute approximate surface area is 121 Å². The molecule has 19 heavy (non-hydrogen) atoms. The lowest BCUT2D eigenvalue weighted by molar-refractivity contribution is 0.512. The fourth-order valence-electron chi connectivity index (χ4n) is 1.93. The first kappa shape index (κ1) is 12.8. The number of H-pyrrole nitrogens is 1. The summed E-state index contributed by atoms with van der Waals surface area (Å²) in [6.45, 7) is 0.358. The number of nitrogens with one attached hydrogen (secondary N) is 1. The Hall–Kier alpha value is -1.24. The van der Waals surface area contributed by atoms with Crippen molar-refractivity contribution in [2.75, 3.05) is 0 Å². The van der Waals surface area contributed by atoms with Gasteiger partial charge in [-0.15, -0.1) is 11.3 Å². The van der Waals surface area contributed by atoms with Crippen LogP contribution in [-0.2, 0) is 6.54 Å². The highest BCUT2D eigenvalue weighted by molar-refractivity contribution is 7.71. The maximum atomic E-state index is 13.9. The molecule has 0 spiro atoms. The van der Waals surface area contributed by atoms with E-state index < -0.39 is 11.6 Å². The molecule has 1 aromatic carbocycles. The van der Waals surface area contributed by atoms with Gasteiger partial charge in [0.15, 0.2) is 16.4 Å². The minimum absolute atomic E-state index is 0.148. The van der Waals surface area contributed by atoms with Crippen molar-refractivity contribution in [2.24, 2.45) is 0 Å². The molecule has 0 radical (unpaired) electrons. The number of thiophene rings is 1. The van der Waals surface area contributed by atoms with E-state index in [1.165, 1.54) is 22.0 Å². The van der Waals surface area contributed by atoms with E-state index in [9.17, 15) is 8.78 Å². The molecule has 0 aliphatic heterocycles. The highest BCUT2D eigenvalue weighted by Gasteiger charge is 2.14. The number of benzene rings is 1. The van der Waals surface area contributed by atoms with Gasteiger partial charge in [0, 0.05) is 4.88 Å². The second-order valence-corrected chi connectivity index (χ2v) is 6.17. The predicted octanol–water partition coefficient (Wildman–Crippen LogP) is 4.74. The number of imidazole rings is 1. The number of hydrogen-bond acceptors (Lipinski definition) is 2. The summed E-state index contributed by atoms with van der Waals surface area (Å²) in [5.74, 6) is -1.79. The molecule has 0 bridgehead atoms. The second-order valence-electron chi connectivity index (χ2n) is 3.98. The van der Waals surface area contributed by atoms with Crippen LogP contribution in [0.1, 0.15) is 4.88 Å². The lowest BCUT2D eigenvalue weighted by atomic mass is 10.3. The number of fused-ring (bicyclic) bond motifs is 1. The zero-order valence-electron chi connectivity index (χ0n) is 9.41. The molecule has 0 saturated heterocycles. The summed E-state index contributed by atoms with van der Waals surface area (Å²) < 4.78 is 29.8. The Morgan fingerprint density at radius 2 is 2.05 bits per heavy atom. The molecule has 7 heteroatoms. The fourth-order valence-corrected chi connectivity index (χ4v) is 3.27. The van der Waals surface area contributed by atoms with Crippen LogP contribution >= 0.6 is 35.2 Å². The Bertz CT molecular complexity index is 819. The summed E-state index contributed by atoms with van der Waals surface area (Å²) in [7, 11) is 0. The van der Waals surface area contributed by atoms with Crippen LogP contribution in [0.2, 0.25) is 4.34 Å². The number of aromatic nitrogens is 2. The summed E-state index contributed by atoms with van der Waals surface area (Å²) in [6, 6.07) is 6.15. The molecule has 1 N–H and O–H groups in total. The standard InChI is InChI=1S/C12H7ClF2N2S2/c13-9-4-1-6(19-9)5-17-11-8(16-12(17)18)3-2-7(14)10(11)15/h1-4H,5H2,(H,16,18). The van der Waals surface area contributed by atoms with Crippen LogP contribution in [-0.4, -0.2) is 9.55 Å². The Morgan fingerprint density at radius 1 is 1.26 bits per heavy atom. The summed E-state index contributed by atoms with van der Waals surface area (Å²) >= 11 is 12.4. The van der Waals surface area contributed by atoms with Gasteiger partial charge in [-0.05, 0) is 36.5 Å². The number of halogens is 3. The molecule has 3 rings (SSSR count). The largest absolute Gasteiger partial charge is 0.330 e. The first-order valence-corrected chi connectivity index (χ1v) is 6.97. The van der Waals surface area contributed by atoms with Crippen molar-refractivity contribution in [1.82, 2.24) is 9.55 Å². The topological polar surface area (TPSA) is 20.7 Å². The molecule has 2 heterocycles. The van der Waals surface area contributed by atoms with Gasteiger partial charge in [-0.3, -0.25) is 0 Å². The fraction of sp³-hybridized carbons (Fsp3) is 0.0833. The lowest BCUT2D eigenvalue weighted by Crippen LogP contribution is -2.00. The molecule has 0 unspecified atom stereocenters. The number of rotatable bonds is 2. The predicted molar refractivity (Wildman–Crippen MR) is 75.5 cm³/mol. The SMILES string of the molecule is Fc1ccc2[nH]c(=S)n(Cc3ccc(Cl)s3)c2c1F. The van der Waals surface area contributed by atoms with Gasteiger partial charge in [0.05, 0.1) is 16.4 Å². The van der Waals surface area contributed by atoms with Gasteiger partial charge < -0.3 is 9.55 Å². The van der Waals surface area contributed by atoms with E-state index in [1.54, 1.807) is 6.07 Å². The molecule has 0 amide bonds. The van der Waals surface area contributed by atoms with Crippen molar-refractivity contribution in [1.29, 1.82) is 0 Å². The van der Waals surface area contributed by atoms with Gasteiger partial charge in [-0.1, -0.05) is 11.6 Å². The molecule has 0 fully saturated rings. The van der Waals surface area contributed by atoms with Crippen LogP contribution < -0.4 is 0 Å². The molecule has 0 aliphatic rings. The Morgan fingerprint density at radius 3 is 2.74 bits per heavy atom. The number of aromatic amines is 1. The average molecular weight is 317 g/mol. The molecular weight excluding hydrogens is 310 g/mol. The van der Waals surface area contributed by atoms with E-state index in [-0.39, 0.29) is 5.52 Å². The van der Waals surface area contributed by atoms with Crippen molar-refractivity contribution in [3.8, 4) is 0 Å². The van der Waals surface area contributed by atoms with Gasteiger partial charge in [0.2, 0.25) is 0 Å². The molecule has 0 aliphatic carbocycles. The molecule has 3 aromatic rings. The van der Waals surface area contributed by atoms with Gasteiger partial charge in [-0.25, -0.2) is 8.78 Å². The Kier molecular flexibility index (Phi) is 3.16. The van der Waals surface area contributed by atoms with Gasteiger partial charge in [0.1, 0.15) is 5.52 Å². The van der Waals surface area contributed by atoms with E-state index in [0.29, 0.717) is 21.2 Å². The van der Waals surface area contributed by atoms with E-state index in [2.05, 4.69) is 4.98 Å². The van der Waals surface area contributed by atoms with E-state index >= 15 is 0 Å². The maximum absolute atomic E-state index is 13.9. The van der Waals surface area contributed by atoms with Crippen LogP contribution in [0.5, 0.6) is 0 Å². The summed E-state index contributed by atoms with van der Waals surface area (Å²) in [4.78, 5) is 3.79. The normalized spacial score (nSPS) is 11.3. The number of hydrogen-bond donors (Lipinski definition) is 1. The smallest absolute Gasteiger partial charge is 0.184 e. The minimum atomic E-state index is -0.896. The second kappa shape index (κ2) is 4.70. The zero-order valence-corrected chi connectivity index (χ0v) is 11.8. The maximum Gasteiger partial charge on any atom is 0.184 e. The minimum Gasteiger partial charge on any atom is -0.330 e. The van der Waals surface area contributed by atoms with Crippen LogP contribution in [0, 0.1) is 16.4 Å². The molecule has 2 aromatic heterocycles. The summed E-state index contributed by atoms with van der Waals surface area (Å²) in [5, 5.41) is 0. The van der Waals surface area contributed by atoms with Gasteiger partial charge >= 0.3 is 0 Å². The quantitative estimate of drug-likeness (QED) is 0.677. The van der Waals surface area contributed by atoms with E-state index in [4.69, 9.17) is 23.8 Å². The average Bonchev–Trinajstić information content (AvgIpc) is 2.90. The summed E-state index contributed by atoms with van der Waals surface area (Å²) in [6.07, 6.45) is 0.